The highest BCUT2D eigenvalue weighted by Crippen LogP contribution is 2.17. The van der Waals surface area contributed by atoms with Gasteiger partial charge in [0.15, 0.2) is 0 Å². The van der Waals surface area contributed by atoms with Crippen LogP contribution in [0, 0.1) is 5.92 Å². The number of rotatable bonds is 28. The zero-order chi connectivity index (χ0) is 30.2. The Bertz CT molecular complexity index is 700. The SMILES string of the molecule is CCCCCC[N+](C)(CCCCCC)CCCCCCOC(=O)CC[C@H](CC(=O)[C@H](CCC(=O)O)NC)C(C)=O. The van der Waals surface area contributed by atoms with Gasteiger partial charge in [0.1, 0.15) is 11.6 Å². The highest BCUT2D eigenvalue weighted by molar-refractivity contribution is 5.90. The van der Waals surface area contributed by atoms with Crippen LogP contribution in [0.5, 0.6) is 0 Å². The average Bonchev–Trinajstić information content (AvgIpc) is 2.91. The molecular formula is C32H61N2O6+. The summed E-state index contributed by atoms with van der Waals surface area (Å²) in [5.41, 5.74) is 0. The van der Waals surface area contributed by atoms with E-state index < -0.39 is 17.9 Å². The molecule has 0 bridgehead atoms. The molecule has 0 amide bonds. The average molecular weight is 570 g/mol. The molecule has 0 fully saturated rings. The summed E-state index contributed by atoms with van der Waals surface area (Å²) in [6.45, 7) is 10.1. The van der Waals surface area contributed by atoms with Gasteiger partial charge in [-0.25, -0.2) is 0 Å². The van der Waals surface area contributed by atoms with Crippen molar-refractivity contribution in [2.45, 2.75) is 136 Å². The molecule has 8 nitrogen and oxygen atoms in total. The van der Waals surface area contributed by atoms with Crippen LogP contribution in [-0.4, -0.2) is 79.5 Å². The number of nitrogens with one attached hydrogen (secondary N) is 1. The summed E-state index contributed by atoms with van der Waals surface area (Å²) >= 11 is 0. The van der Waals surface area contributed by atoms with E-state index in [9.17, 15) is 19.2 Å². The van der Waals surface area contributed by atoms with Crippen molar-refractivity contribution >= 4 is 23.5 Å². The molecule has 8 heteroatoms. The molecule has 0 aliphatic carbocycles. The van der Waals surface area contributed by atoms with Gasteiger partial charge in [0.05, 0.1) is 39.3 Å². The standard InChI is InChI=1S/C32H60N2O6/c1-6-8-10-14-22-34(5,23-15-11-9-7-2)24-16-12-13-17-25-40-32(39)21-18-28(27(3)35)26-30(36)29(33-4)19-20-31(37)38/h28-29,33H,6-26H2,1-5H3/p+1/t28-,29+/m1/s1. The maximum Gasteiger partial charge on any atom is 0.305 e. The third-order valence-electron chi connectivity index (χ3n) is 8.06. The van der Waals surface area contributed by atoms with Crippen LogP contribution in [0.3, 0.4) is 0 Å². The normalized spacial score (nSPS) is 13.1. The number of carbonyl (C=O) groups excluding carboxylic acids is 3. The maximum absolute atomic E-state index is 12.5. The fourth-order valence-corrected chi connectivity index (χ4v) is 5.24. The Balaban J connectivity index is 4.31. The summed E-state index contributed by atoms with van der Waals surface area (Å²) in [4.78, 5) is 47.6. The Morgan fingerprint density at radius 2 is 1.30 bits per heavy atom. The number of esters is 1. The number of hydrogen-bond acceptors (Lipinski definition) is 6. The van der Waals surface area contributed by atoms with Crippen LogP contribution in [0.1, 0.15) is 130 Å². The first-order chi connectivity index (χ1) is 19.1. The summed E-state index contributed by atoms with van der Waals surface area (Å²) in [7, 11) is 4.03. The number of ether oxygens (including phenoxy) is 1. The molecule has 0 spiro atoms. The number of likely N-dealkylation sites (N-methyl/N-ethyl adjacent to an activating group) is 1. The summed E-state index contributed by atoms with van der Waals surface area (Å²) in [5.74, 6) is -2.20. The van der Waals surface area contributed by atoms with E-state index in [0.29, 0.717) is 6.61 Å². The summed E-state index contributed by atoms with van der Waals surface area (Å²) in [6.07, 6.45) is 15.1. The molecule has 0 radical (unpaired) electrons. The lowest BCUT2D eigenvalue weighted by atomic mass is 9.90. The van der Waals surface area contributed by atoms with Gasteiger partial charge >= 0.3 is 11.9 Å². The number of nitrogens with zero attached hydrogens (tertiary/aromatic N) is 1. The van der Waals surface area contributed by atoms with Crippen LogP contribution in [0.2, 0.25) is 0 Å². The highest BCUT2D eigenvalue weighted by atomic mass is 16.5. The second-order valence-corrected chi connectivity index (χ2v) is 11.8. The minimum atomic E-state index is -0.966. The van der Waals surface area contributed by atoms with E-state index in [2.05, 4.69) is 26.2 Å². The number of aliphatic carboxylic acids is 1. The van der Waals surface area contributed by atoms with E-state index in [-0.39, 0.29) is 49.6 Å². The molecule has 40 heavy (non-hydrogen) atoms. The van der Waals surface area contributed by atoms with E-state index in [1.54, 1.807) is 7.05 Å². The lowest BCUT2D eigenvalue weighted by Gasteiger charge is -2.35. The Labute approximate surface area is 244 Å². The van der Waals surface area contributed by atoms with E-state index in [1.165, 1.54) is 88.8 Å². The molecule has 0 unspecified atom stereocenters. The molecular weight excluding hydrogens is 508 g/mol. The fourth-order valence-electron chi connectivity index (χ4n) is 5.24. The Hall–Kier alpha value is -1.80. The first-order valence-corrected chi connectivity index (χ1v) is 16.0. The third-order valence-corrected chi connectivity index (χ3v) is 8.06. The second kappa shape index (κ2) is 23.9. The summed E-state index contributed by atoms with van der Waals surface area (Å²) < 4.78 is 6.57. The minimum Gasteiger partial charge on any atom is -0.481 e. The molecule has 0 heterocycles. The van der Waals surface area contributed by atoms with Crippen LogP contribution in [-0.2, 0) is 23.9 Å². The number of unbranched alkanes of at least 4 members (excludes halogenated alkanes) is 9. The Morgan fingerprint density at radius 1 is 0.775 bits per heavy atom. The van der Waals surface area contributed by atoms with Crippen molar-refractivity contribution in [1.29, 1.82) is 0 Å². The first-order valence-electron chi connectivity index (χ1n) is 16.0. The van der Waals surface area contributed by atoms with Crippen molar-refractivity contribution in [3.05, 3.63) is 0 Å². The van der Waals surface area contributed by atoms with Gasteiger partial charge in [0, 0.05) is 25.2 Å². The monoisotopic (exact) mass is 569 g/mol. The fraction of sp³-hybridized carbons (Fsp3) is 0.875. The molecule has 234 valence electrons. The molecule has 0 saturated heterocycles. The number of Topliss-reactive ketones (excluding diaryl/α,β-unsaturated/α-hetero) is 2. The zero-order valence-electron chi connectivity index (χ0n) is 26.4. The topological polar surface area (TPSA) is 110 Å². The van der Waals surface area contributed by atoms with Gasteiger partial charge in [-0.15, -0.1) is 0 Å². The Morgan fingerprint density at radius 3 is 1.77 bits per heavy atom. The molecule has 2 N–H and O–H groups in total. The molecule has 0 aromatic rings. The van der Waals surface area contributed by atoms with Crippen LogP contribution in [0.4, 0.5) is 0 Å². The molecule has 0 aliphatic rings. The van der Waals surface area contributed by atoms with E-state index in [4.69, 9.17) is 9.84 Å². The lowest BCUT2D eigenvalue weighted by molar-refractivity contribution is -0.910. The molecule has 0 saturated carbocycles. The van der Waals surface area contributed by atoms with Gasteiger partial charge in [0.2, 0.25) is 0 Å². The van der Waals surface area contributed by atoms with Gasteiger partial charge in [-0.05, 0) is 78.2 Å². The third kappa shape index (κ3) is 20.1. The van der Waals surface area contributed by atoms with Gasteiger partial charge < -0.3 is 19.6 Å². The van der Waals surface area contributed by atoms with Crippen LogP contribution in [0.25, 0.3) is 0 Å². The lowest BCUT2D eigenvalue weighted by Crippen LogP contribution is -2.46. The van der Waals surface area contributed by atoms with Crippen molar-refractivity contribution in [3.63, 3.8) is 0 Å². The maximum atomic E-state index is 12.5. The van der Waals surface area contributed by atoms with Crippen LogP contribution in [0.15, 0.2) is 0 Å². The number of hydrogen-bond donors (Lipinski definition) is 2. The second-order valence-electron chi connectivity index (χ2n) is 11.8. The van der Waals surface area contributed by atoms with Crippen LogP contribution >= 0.6 is 0 Å². The zero-order valence-corrected chi connectivity index (χ0v) is 26.4. The van der Waals surface area contributed by atoms with Crippen molar-refractivity contribution in [1.82, 2.24) is 5.32 Å². The molecule has 0 aliphatic heterocycles. The largest absolute Gasteiger partial charge is 0.481 e. The first kappa shape index (κ1) is 38.2. The number of carboxylic acid groups (broad SMARTS) is 1. The van der Waals surface area contributed by atoms with Crippen LogP contribution < -0.4 is 5.32 Å². The number of carboxylic acids is 1. The highest BCUT2D eigenvalue weighted by Gasteiger charge is 2.25. The number of ketones is 2. The van der Waals surface area contributed by atoms with Gasteiger partial charge in [-0.2, -0.15) is 0 Å². The van der Waals surface area contributed by atoms with Gasteiger partial charge in [0.25, 0.3) is 0 Å². The van der Waals surface area contributed by atoms with E-state index in [1.807, 2.05) is 0 Å². The molecule has 2 atom stereocenters. The molecule has 0 aromatic carbocycles. The van der Waals surface area contributed by atoms with Crippen molar-refractivity contribution in [2.24, 2.45) is 5.92 Å². The minimum absolute atomic E-state index is 0.00236. The number of quaternary nitrogens is 1. The summed E-state index contributed by atoms with van der Waals surface area (Å²) in [5, 5.41) is 11.7. The predicted octanol–water partition coefficient (Wildman–Crippen LogP) is 6.09. The van der Waals surface area contributed by atoms with Crippen molar-refractivity contribution in [2.75, 3.05) is 40.3 Å². The molecule has 0 rings (SSSR count). The van der Waals surface area contributed by atoms with Crippen molar-refractivity contribution in [3.8, 4) is 0 Å². The quantitative estimate of drug-likeness (QED) is 0.0666. The molecule has 0 aromatic heterocycles. The van der Waals surface area contributed by atoms with E-state index >= 15 is 0 Å². The predicted molar refractivity (Wildman–Crippen MR) is 161 cm³/mol. The summed E-state index contributed by atoms with van der Waals surface area (Å²) in [6, 6.07) is -0.608. The van der Waals surface area contributed by atoms with E-state index in [0.717, 1.165) is 19.3 Å². The van der Waals surface area contributed by atoms with Gasteiger partial charge in [-0.3, -0.25) is 19.2 Å². The smallest absolute Gasteiger partial charge is 0.305 e. The Kier molecular flexibility index (Phi) is 22.8. The van der Waals surface area contributed by atoms with Crippen molar-refractivity contribution < 1.29 is 33.5 Å². The van der Waals surface area contributed by atoms with Gasteiger partial charge in [-0.1, -0.05) is 39.5 Å². The number of carbonyl (C=O) groups is 4.